The van der Waals surface area contributed by atoms with Crippen molar-refractivity contribution in [3.63, 3.8) is 0 Å². The molecule has 0 fully saturated rings. The predicted molar refractivity (Wildman–Crippen MR) is 236 cm³/mol. The molecule has 0 aliphatic carbocycles. The topological polar surface area (TPSA) is 56.7 Å². The van der Waals surface area contributed by atoms with Crippen LogP contribution in [0.5, 0.6) is 0 Å². The summed E-state index contributed by atoms with van der Waals surface area (Å²) < 4.78 is 11.6. The maximum Gasteiger partial charge on any atom is 0.164 e. The number of para-hydroxylation sites is 2. The minimum atomic E-state index is 0.600. The van der Waals surface area contributed by atoms with Gasteiger partial charge in [-0.15, -0.1) is 11.3 Å². The monoisotopic (exact) mass is 746 g/mol. The van der Waals surface area contributed by atoms with Gasteiger partial charge in [-0.1, -0.05) is 127 Å². The maximum absolute atomic E-state index is 6.60. The maximum atomic E-state index is 6.60. The molecule has 0 saturated heterocycles. The Bertz CT molecular complexity index is 3420. The molecule has 0 saturated carbocycles. The van der Waals surface area contributed by atoms with Crippen LogP contribution in [0.15, 0.2) is 186 Å². The fourth-order valence-electron chi connectivity index (χ4n) is 8.35. The summed E-state index contributed by atoms with van der Waals surface area (Å²) in [5, 5.41) is 7.18. The fourth-order valence-corrected chi connectivity index (χ4v) is 9.54. The third-order valence-corrected chi connectivity index (χ3v) is 12.3. The first-order chi connectivity index (χ1) is 28.2. The van der Waals surface area contributed by atoms with E-state index in [1.54, 1.807) is 0 Å². The Hall–Kier alpha value is -7.41. The first-order valence-electron chi connectivity index (χ1n) is 19.0. The average Bonchev–Trinajstić information content (AvgIpc) is 3.95. The molecule has 4 heterocycles. The average molecular weight is 747 g/mol. The van der Waals surface area contributed by atoms with Crippen molar-refractivity contribution in [3.8, 4) is 51.0 Å². The van der Waals surface area contributed by atoms with Gasteiger partial charge in [-0.2, -0.15) is 0 Å². The lowest BCUT2D eigenvalue weighted by Crippen LogP contribution is -2.00. The quantitative estimate of drug-likeness (QED) is 0.176. The second-order valence-electron chi connectivity index (χ2n) is 14.4. The van der Waals surface area contributed by atoms with Gasteiger partial charge in [-0.25, -0.2) is 15.0 Å². The molecular weight excluding hydrogens is 717 g/mol. The zero-order valence-electron chi connectivity index (χ0n) is 30.4. The third-order valence-electron chi connectivity index (χ3n) is 11.1. The molecule has 57 heavy (non-hydrogen) atoms. The smallest absolute Gasteiger partial charge is 0.164 e. The zero-order valence-corrected chi connectivity index (χ0v) is 31.2. The van der Waals surface area contributed by atoms with Gasteiger partial charge in [-0.3, -0.25) is 0 Å². The van der Waals surface area contributed by atoms with Gasteiger partial charge in [0.15, 0.2) is 17.5 Å². The van der Waals surface area contributed by atoms with E-state index in [0.29, 0.717) is 17.5 Å². The van der Waals surface area contributed by atoms with Gasteiger partial charge in [0, 0.05) is 53.7 Å². The Kier molecular flexibility index (Phi) is 7.03. The Labute approximate surface area is 330 Å². The Morgan fingerprint density at radius 2 is 0.877 bits per heavy atom. The van der Waals surface area contributed by atoms with Crippen molar-refractivity contribution >= 4 is 75.3 Å². The minimum Gasteiger partial charge on any atom is -0.456 e. The minimum absolute atomic E-state index is 0.600. The molecule has 0 radical (unpaired) electrons. The van der Waals surface area contributed by atoms with Crippen molar-refractivity contribution < 1.29 is 4.42 Å². The second-order valence-corrected chi connectivity index (χ2v) is 15.5. The molecule has 6 heteroatoms. The summed E-state index contributed by atoms with van der Waals surface area (Å²) in [7, 11) is 0. The van der Waals surface area contributed by atoms with Gasteiger partial charge in [0.1, 0.15) is 11.2 Å². The van der Waals surface area contributed by atoms with Crippen molar-refractivity contribution in [1.82, 2.24) is 19.5 Å². The molecule has 4 aromatic heterocycles. The van der Waals surface area contributed by atoms with Crippen LogP contribution in [-0.2, 0) is 0 Å². The summed E-state index contributed by atoms with van der Waals surface area (Å²) in [6, 6.07) is 63.8. The molecule has 12 aromatic rings. The van der Waals surface area contributed by atoms with E-state index in [1.807, 2.05) is 78.1 Å². The summed E-state index contributed by atoms with van der Waals surface area (Å²) in [5.74, 6) is 1.86. The van der Waals surface area contributed by atoms with Gasteiger partial charge in [-0.05, 0) is 65.7 Å². The number of benzene rings is 8. The number of hydrogen-bond acceptors (Lipinski definition) is 5. The van der Waals surface area contributed by atoms with Gasteiger partial charge in [0.25, 0.3) is 0 Å². The zero-order chi connectivity index (χ0) is 37.5. The lowest BCUT2D eigenvalue weighted by Gasteiger charge is -2.09. The number of nitrogens with zero attached hydrogens (tertiary/aromatic N) is 4. The van der Waals surface area contributed by atoms with Crippen molar-refractivity contribution in [1.29, 1.82) is 0 Å². The Morgan fingerprint density at radius 3 is 1.53 bits per heavy atom. The van der Waals surface area contributed by atoms with E-state index < -0.39 is 0 Å². The van der Waals surface area contributed by atoms with Crippen LogP contribution in [-0.4, -0.2) is 19.5 Å². The molecule has 0 spiro atoms. The largest absolute Gasteiger partial charge is 0.456 e. The van der Waals surface area contributed by atoms with Crippen molar-refractivity contribution in [2.24, 2.45) is 0 Å². The molecule has 0 aliphatic heterocycles. The van der Waals surface area contributed by atoms with E-state index in [2.05, 4.69) is 120 Å². The third kappa shape index (κ3) is 5.12. The van der Waals surface area contributed by atoms with Crippen LogP contribution < -0.4 is 0 Å². The lowest BCUT2D eigenvalue weighted by atomic mass is 10.0. The fraction of sp³-hybridized carbons (Fsp3) is 0. The van der Waals surface area contributed by atoms with Crippen molar-refractivity contribution in [2.75, 3.05) is 0 Å². The van der Waals surface area contributed by atoms with E-state index >= 15 is 0 Å². The Balaban J connectivity index is 0.948. The highest BCUT2D eigenvalue weighted by Crippen LogP contribution is 2.43. The molecule has 0 N–H and O–H groups in total. The normalized spacial score (nSPS) is 11.9. The number of thiophene rings is 1. The summed E-state index contributed by atoms with van der Waals surface area (Å²) in [6.45, 7) is 0. The highest BCUT2D eigenvalue weighted by molar-refractivity contribution is 7.26. The number of furan rings is 1. The first kappa shape index (κ1) is 31.9. The van der Waals surface area contributed by atoms with Crippen LogP contribution in [0, 0.1) is 0 Å². The summed E-state index contributed by atoms with van der Waals surface area (Å²) in [6.07, 6.45) is 0. The number of rotatable bonds is 5. The molecule has 266 valence electrons. The highest BCUT2D eigenvalue weighted by atomic mass is 32.1. The summed E-state index contributed by atoms with van der Waals surface area (Å²) >= 11 is 1.86. The molecule has 0 aliphatic rings. The van der Waals surface area contributed by atoms with Gasteiger partial charge >= 0.3 is 0 Å². The lowest BCUT2D eigenvalue weighted by molar-refractivity contribution is 0.669. The molecule has 0 atom stereocenters. The second kappa shape index (κ2) is 12.6. The van der Waals surface area contributed by atoms with Crippen LogP contribution in [0.1, 0.15) is 0 Å². The van der Waals surface area contributed by atoms with Crippen LogP contribution in [0.25, 0.3) is 115 Å². The Morgan fingerprint density at radius 1 is 0.368 bits per heavy atom. The van der Waals surface area contributed by atoms with Crippen molar-refractivity contribution in [3.05, 3.63) is 182 Å². The van der Waals surface area contributed by atoms with E-state index in [0.717, 1.165) is 49.8 Å². The van der Waals surface area contributed by atoms with Gasteiger partial charge in [0.2, 0.25) is 0 Å². The highest BCUT2D eigenvalue weighted by Gasteiger charge is 2.18. The molecule has 0 amide bonds. The number of hydrogen-bond donors (Lipinski definition) is 0. The van der Waals surface area contributed by atoms with Gasteiger partial charge in [0.05, 0.1) is 21.4 Å². The summed E-state index contributed by atoms with van der Waals surface area (Å²) in [5.41, 5.74) is 10.3. The number of aromatic nitrogens is 4. The van der Waals surface area contributed by atoms with Crippen LogP contribution >= 0.6 is 11.3 Å². The van der Waals surface area contributed by atoms with Crippen LogP contribution in [0.2, 0.25) is 0 Å². The van der Waals surface area contributed by atoms with E-state index in [9.17, 15) is 0 Å². The van der Waals surface area contributed by atoms with Crippen LogP contribution in [0.3, 0.4) is 0 Å². The molecule has 8 aromatic carbocycles. The SMILES string of the molecule is c1ccc(-c2nc(-c3ccccc3)nc(-c3ccc4c(c3)oc3cc(-c5ccc6sc7c(-n8c9ccccc9c9ccccc98)cccc7c6c5)ccc34)n2)cc1. The molecular formula is C51H30N4OS. The van der Waals surface area contributed by atoms with E-state index in [1.165, 1.54) is 47.7 Å². The molecule has 5 nitrogen and oxygen atoms in total. The van der Waals surface area contributed by atoms with E-state index in [4.69, 9.17) is 19.4 Å². The molecule has 12 rings (SSSR count). The molecule has 0 bridgehead atoms. The van der Waals surface area contributed by atoms with Gasteiger partial charge < -0.3 is 8.98 Å². The number of fused-ring (bicyclic) bond motifs is 9. The van der Waals surface area contributed by atoms with E-state index in [-0.39, 0.29) is 0 Å². The molecule has 0 unspecified atom stereocenters. The van der Waals surface area contributed by atoms with Crippen LogP contribution in [0.4, 0.5) is 0 Å². The predicted octanol–water partition coefficient (Wildman–Crippen LogP) is 13.9. The first-order valence-corrected chi connectivity index (χ1v) is 19.8. The standard InChI is InChI=1S/C51H30N4OS/c1-3-12-31(13-4-1)49-52-50(32-14-5-2-6-15-32)54-51(53-49)35-23-26-39-38-25-22-34(29-45(38)56-46(39)30-35)33-24-27-47-41(28-33)40-18-11-21-44(48(40)57-47)55-42-19-9-7-16-36(42)37-17-8-10-20-43(37)55/h1-30H. The summed E-state index contributed by atoms with van der Waals surface area (Å²) in [4.78, 5) is 14.7. The van der Waals surface area contributed by atoms with Crippen molar-refractivity contribution in [2.45, 2.75) is 0 Å².